The number of halogens is 1. The second kappa shape index (κ2) is 6.59. The van der Waals surface area contributed by atoms with Crippen LogP contribution < -0.4 is 10.0 Å². The number of aromatic nitrogens is 2. The molecule has 0 aliphatic heterocycles. The number of amides is 1. The van der Waals surface area contributed by atoms with Crippen LogP contribution in [-0.4, -0.2) is 23.9 Å². The summed E-state index contributed by atoms with van der Waals surface area (Å²) in [7, 11) is -3.87. The number of carbonyl (C=O) groups excluding carboxylic acids is 1. The van der Waals surface area contributed by atoms with Gasteiger partial charge in [-0.05, 0) is 32.0 Å². The van der Waals surface area contributed by atoms with Crippen molar-refractivity contribution in [2.75, 3.05) is 10.0 Å². The zero-order chi connectivity index (χ0) is 17.2. The van der Waals surface area contributed by atoms with Crippen molar-refractivity contribution in [3.63, 3.8) is 0 Å². The molecule has 0 radical (unpaired) electrons. The van der Waals surface area contributed by atoms with E-state index in [-0.39, 0.29) is 22.3 Å². The Morgan fingerprint density at radius 1 is 1.35 bits per heavy atom. The summed E-state index contributed by atoms with van der Waals surface area (Å²) in [5, 5.41) is 2.83. The molecule has 0 fully saturated rings. The molecule has 1 amide bonds. The molecule has 9 heteroatoms. The van der Waals surface area contributed by atoms with Gasteiger partial charge < -0.3 is 9.88 Å². The van der Waals surface area contributed by atoms with Crippen LogP contribution in [0.25, 0.3) is 0 Å². The van der Waals surface area contributed by atoms with E-state index in [4.69, 9.17) is 11.6 Å². The molecular weight excluding hydrogens is 340 g/mol. The number of benzene rings is 1. The minimum absolute atomic E-state index is 0.0828. The Bertz CT molecular complexity index is 846. The number of nitrogens with zero attached hydrogens (tertiary/aromatic N) is 2. The molecule has 2 rings (SSSR count). The summed E-state index contributed by atoms with van der Waals surface area (Å²) in [6, 6.07) is 4.48. The Labute approximate surface area is 139 Å². The Morgan fingerprint density at radius 3 is 2.61 bits per heavy atom. The van der Waals surface area contributed by atoms with E-state index in [2.05, 4.69) is 15.0 Å². The molecule has 0 saturated heterocycles. The lowest BCUT2D eigenvalue weighted by Gasteiger charge is -2.12. The maximum absolute atomic E-state index is 12.5. The topological polar surface area (TPSA) is 93.1 Å². The first-order chi connectivity index (χ1) is 10.7. The molecule has 0 saturated carbocycles. The van der Waals surface area contributed by atoms with Crippen molar-refractivity contribution in [1.82, 2.24) is 9.55 Å². The first-order valence-corrected chi connectivity index (χ1v) is 8.72. The van der Waals surface area contributed by atoms with Crippen molar-refractivity contribution in [2.45, 2.75) is 32.3 Å². The average molecular weight is 357 g/mol. The highest BCUT2D eigenvalue weighted by Crippen LogP contribution is 2.28. The van der Waals surface area contributed by atoms with Crippen molar-refractivity contribution in [2.24, 2.45) is 0 Å². The lowest BCUT2D eigenvalue weighted by Crippen LogP contribution is -2.16. The standard InChI is InChI=1S/C14H17ClN4O3S/c1-4-19-8-14(16-9(19)2)23(21,22)18-12-6-5-11(15)7-13(12)17-10(3)20/h5-8,18H,4H2,1-3H3,(H,17,20). The number of hydrogen-bond acceptors (Lipinski definition) is 4. The molecule has 1 aromatic carbocycles. The molecule has 1 aromatic heterocycles. The quantitative estimate of drug-likeness (QED) is 0.861. The van der Waals surface area contributed by atoms with E-state index >= 15 is 0 Å². The van der Waals surface area contributed by atoms with Crippen LogP contribution in [0.3, 0.4) is 0 Å². The van der Waals surface area contributed by atoms with Crippen LogP contribution in [-0.2, 0) is 21.4 Å². The number of imidazole rings is 1. The van der Waals surface area contributed by atoms with Crippen LogP contribution in [0.4, 0.5) is 11.4 Å². The number of sulfonamides is 1. The Kier molecular flexibility index (Phi) is 4.96. The SMILES string of the molecule is CCn1cc(S(=O)(=O)Nc2ccc(Cl)cc2NC(C)=O)nc1C. The van der Waals surface area contributed by atoms with Gasteiger partial charge in [0.1, 0.15) is 5.82 Å². The van der Waals surface area contributed by atoms with Gasteiger partial charge in [0.15, 0.2) is 5.03 Å². The summed E-state index contributed by atoms with van der Waals surface area (Å²) >= 11 is 5.89. The van der Waals surface area contributed by atoms with Crippen LogP contribution >= 0.6 is 11.6 Å². The van der Waals surface area contributed by atoms with E-state index in [9.17, 15) is 13.2 Å². The first kappa shape index (κ1) is 17.3. The van der Waals surface area contributed by atoms with Crippen LogP contribution in [0, 0.1) is 6.92 Å². The fourth-order valence-electron chi connectivity index (χ4n) is 2.02. The summed E-state index contributed by atoms with van der Waals surface area (Å²) in [5.74, 6) is 0.268. The molecule has 1 heterocycles. The van der Waals surface area contributed by atoms with E-state index in [1.165, 1.54) is 31.3 Å². The van der Waals surface area contributed by atoms with Crippen molar-refractivity contribution < 1.29 is 13.2 Å². The van der Waals surface area contributed by atoms with E-state index in [1.807, 2.05) is 6.92 Å². The van der Waals surface area contributed by atoms with Gasteiger partial charge in [-0.25, -0.2) is 4.98 Å². The van der Waals surface area contributed by atoms with Gasteiger partial charge in [0, 0.05) is 24.7 Å². The van der Waals surface area contributed by atoms with Crippen molar-refractivity contribution in [1.29, 1.82) is 0 Å². The number of nitrogens with one attached hydrogen (secondary N) is 2. The molecule has 0 bridgehead atoms. The Hall–Kier alpha value is -2.06. The highest BCUT2D eigenvalue weighted by Gasteiger charge is 2.20. The molecule has 0 aliphatic rings. The minimum Gasteiger partial charge on any atom is -0.334 e. The van der Waals surface area contributed by atoms with E-state index in [0.29, 0.717) is 17.4 Å². The number of hydrogen-bond donors (Lipinski definition) is 2. The largest absolute Gasteiger partial charge is 0.334 e. The second-order valence-corrected chi connectivity index (χ2v) is 6.95. The smallest absolute Gasteiger partial charge is 0.281 e. The third kappa shape index (κ3) is 4.02. The van der Waals surface area contributed by atoms with E-state index in [1.54, 1.807) is 11.5 Å². The predicted octanol–water partition coefficient (Wildman–Crippen LogP) is 2.62. The fraction of sp³-hybridized carbons (Fsp3) is 0.286. The number of carbonyl (C=O) groups is 1. The molecule has 124 valence electrons. The zero-order valence-corrected chi connectivity index (χ0v) is 14.5. The van der Waals surface area contributed by atoms with E-state index in [0.717, 1.165) is 0 Å². The first-order valence-electron chi connectivity index (χ1n) is 6.86. The maximum atomic E-state index is 12.5. The summed E-state index contributed by atoms with van der Waals surface area (Å²) < 4.78 is 29.1. The molecule has 23 heavy (non-hydrogen) atoms. The summed E-state index contributed by atoms with van der Waals surface area (Å²) in [6.07, 6.45) is 1.46. The van der Waals surface area contributed by atoms with Gasteiger partial charge in [0.05, 0.1) is 11.4 Å². The Morgan fingerprint density at radius 2 is 2.04 bits per heavy atom. The summed E-state index contributed by atoms with van der Waals surface area (Å²) in [5.41, 5.74) is 0.494. The average Bonchev–Trinajstić information content (AvgIpc) is 2.83. The number of aryl methyl sites for hydroxylation is 2. The van der Waals surface area contributed by atoms with Gasteiger partial charge in [0.25, 0.3) is 10.0 Å². The summed E-state index contributed by atoms with van der Waals surface area (Å²) in [6.45, 7) is 5.57. The van der Waals surface area contributed by atoms with Gasteiger partial charge in [-0.15, -0.1) is 0 Å². The van der Waals surface area contributed by atoms with Crippen LogP contribution in [0.15, 0.2) is 29.4 Å². The third-order valence-corrected chi connectivity index (χ3v) is 4.58. The molecule has 2 aromatic rings. The molecule has 0 unspecified atom stereocenters. The third-order valence-electron chi connectivity index (χ3n) is 3.11. The highest BCUT2D eigenvalue weighted by atomic mass is 35.5. The van der Waals surface area contributed by atoms with E-state index < -0.39 is 10.0 Å². The van der Waals surface area contributed by atoms with Gasteiger partial charge in [-0.3, -0.25) is 9.52 Å². The minimum atomic E-state index is -3.87. The molecule has 2 N–H and O–H groups in total. The molecule has 7 nitrogen and oxygen atoms in total. The number of anilines is 2. The lowest BCUT2D eigenvalue weighted by atomic mass is 10.2. The van der Waals surface area contributed by atoms with Gasteiger partial charge >= 0.3 is 0 Å². The fourth-order valence-corrected chi connectivity index (χ4v) is 3.29. The lowest BCUT2D eigenvalue weighted by molar-refractivity contribution is -0.114. The summed E-state index contributed by atoms with van der Waals surface area (Å²) in [4.78, 5) is 15.3. The van der Waals surface area contributed by atoms with Crippen molar-refractivity contribution in [3.05, 3.63) is 35.2 Å². The molecule has 0 spiro atoms. The maximum Gasteiger partial charge on any atom is 0.281 e. The molecule has 0 atom stereocenters. The number of rotatable bonds is 5. The van der Waals surface area contributed by atoms with Gasteiger partial charge in [-0.2, -0.15) is 8.42 Å². The van der Waals surface area contributed by atoms with Crippen LogP contribution in [0.1, 0.15) is 19.7 Å². The normalized spacial score (nSPS) is 11.3. The van der Waals surface area contributed by atoms with Gasteiger partial charge in [0.2, 0.25) is 5.91 Å². The predicted molar refractivity (Wildman–Crippen MR) is 89.2 cm³/mol. The van der Waals surface area contributed by atoms with Gasteiger partial charge in [-0.1, -0.05) is 11.6 Å². The Balaban J connectivity index is 2.38. The second-order valence-electron chi connectivity index (χ2n) is 4.89. The van der Waals surface area contributed by atoms with Crippen molar-refractivity contribution >= 4 is 38.9 Å². The van der Waals surface area contributed by atoms with Crippen LogP contribution in [0.2, 0.25) is 5.02 Å². The molecular formula is C14H17ClN4O3S. The monoisotopic (exact) mass is 356 g/mol. The van der Waals surface area contributed by atoms with Crippen molar-refractivity contribution in [3.8, 4) is 0 Å². The zero-order valence-electron chi connectivity index (χ0n) is 12.9. The highest BCUT2D eigenvalue weighted by molar-refractivity contribution is 7.92. The molecule has 0 aliphatic carbocycles. The van der Waals surface area contributed by atoms with Crippen LogP contribution in [0.5, 0.6) is 0 Å².